The van der Waals surface area contributed by atoms with Gasteiger partial charge in [-0.15, -0.1) is 0 Å². The highest BCUT2D eigenvalue weighted by atomic mass is 32.2. The van der Waals surface area contributed by atoms with Crippen molar-refractivity contribution in [3.05, 3.63) is 18.3 Å². The molecule has 0 aliphatic carbocycles. The fourth-order valence-corrected chi connectivity index (χ4v) is 4.92. The van der Waals surface area contributed by atoms with Crippen LogP contribution in [-0.2, 0) is 19.9 Å². The van der Waals surface area contributed by atoms with Crippen LogP contribution in [0.15, 0.2) is 23.2 Å². The molecule has 112 valence electrons. The Kier molecular flexibility index (Phi) is 4.28. The molecule has 8 nitrogen and oxygen atoms in total. The number of nitrogens with zero attached hydrogens (tertiary/aromatic N) is 1. The summed E-state index contributed by atoms with van der Waals surface area (Å²) in [5.74, 6) is 5.27. The summed E-state index contributed by atoms with van der Waals surface area (Å²) >= 11 is 0. The first-order chi connectivity index (χ1) is 9.34. The minimum atomic E-state index is -3.79. The molecule has 0 aromatic carbocycles. The van der Waals surface area contributed by atoms with Gasteiger partial charge in [0, 0.05) is 12.2 Å². The lowest BCUT2D eigenvalue weighted by atomic mass is 10.2. The second-order valence-corrected chi connectivity index (χ2v) is 8.53. The van der Waals surface area contributed by atoms with E-state index in [1.54, 1.807) is 0 Å². The van der Waals surface area contributed by atoms with Crippen molar-refractivity contribution >= 4 is 25.7 Å². The van der Waals surface area contributed by atoms with E-state index < -0.39 is 25.9 Å². The molecule has 0 spiro atoms. The van der Waals surface area contributed by atoms with Crippen LogP contribution in [0.1, 0.15) is 12.8 Å². The van der Waals surface area contributed by atoms with E-state index in [1.165, 1.54) is 18.3 Å². The predicted molar refractivity (Wildman–Crippen MR) is 74.0 cm³/mol. The summed E-state index contributed by atoms with van der Waals surface area (Å²) in [5, 5.41) is 0. The van der Waals surface area contributed by atoms with Crippen LogP contribution in [0.25, 0.3) is 0 Å². The van der Waals surface area contributed by atoms with Gasteiger partial charge < -0.3 is 5.43 Å². The predicted octanol–water partition coefficient (Wildman–Crippen LogP) is -0.777. The molecule has 0 atom stereocenters. The second kappa shape index (κ2) is 5.64. The minimum absolute atomic E-state index is 0.00474. The van der Waals surface area contributed by atoms with Crippen LogP contribution in [0.2, 0.25) is 0 Å². The van der Waals surface area contributed by atoms with E-state index in [0.717, 1.165) is 0 Å². The van der Waals surface area contributed by atoms with E-state index in [4.69, 9.17) is 5.84 Å². The molecule has 1 aliphatic heterocycles. The van der Waals surface area contributed by atoms with Gasteiger partial charge in [-0.25, -0.2) is 32.4 Å². The zero-order valence-electron chi connectivity index (χ0n) is 10.6. The van der Waals surface area contributed by atoms with Gasteiger partial charge in [0.2, 0.25) is 10.0 Å². The molecule has 4 N–H and O–H groups in total. The molecule has 1 fully saturated rings. The highest BCUT2D eigenvalue weighted by Gasteiger charge is 2.28. The Morgan fingerprint density at radius 3 is 2.55 bits per heavy atom. The molecule has 2 heterocycles. The van der Waals surface area contributed by atoms with Crippen molar-refractivity contribution in [2.75, 3.05) is 16.9 Å². The molecule has 10 heteroatoms. The van der Waals surface area contributed by atoms with Crippen LogP contribution in [0, 0.1) is 0 Å². The van der Waals surface area contributed by atoms with Crippen molar-refractivity contribution in [1.29, 1.82) is 0 Å². The monoisotopic (exact) mass is 320 g/mol. The Morgan fingerprint density at radius 1 is 1.30 bits per heavy atom. The molecule has 0 radical (unpaired) electrons. The van der Waals surface area contributed by atoms with Crippen LogP contribution >= 0.6 is 0 Å². The van der Waals surface area contributed by atoms with Gasteiger partial charge in [-0.05, 0) is 25.0 Å². The summed E-state index contributed by atoms with van der Waals surface area (Å²) in [6, 6.07) is 2.47. The van der Waals surface area contributed by atoms with Gasteiger partial charge in [0.15, 0.2) is 5.82 Å². The molecule has 2 rings (SSSR count). The van der Waals surface area contributed by atoms with Crippen LogP contribution in [0.4, 0.5) is 5.82 Å². The van der Waals surface area contributed by atoms with Crippen molar-refractivity contribution in [1.82, 2.24) is 9.71 Å². The number of nitrogens with two attached hydrogens (primary N) is 1. The van der Waals surface area contributed by atoms with Gasteiger partial charge >= 0.3 is 0 Å². The number of hydrogen-bond acceptors (Lipinski definition) is 7. The van der Waals surface area contributed by atoms with Crippen molar-refractivity contribution in [2.45, 2.75) is 23.8 Å². The molecular weight excluding hydrogens is 304 g/mol. The molecule has 20 heavy (non-hydrogen) atoms. The third kappa shape index (κ3) is 3.45. The fraction of sp³-hybridized carbons (Fsp3) is 0.500. The van der Waals surface area contributed by atoms with Gasteiger partial charge in [-0.3, -0.25) is 0 Å². The molecule has 0 bridgehead atoms. The molecule has 1 aliphatic rings. The highest BCUT2D eigenvalue weighted by molar-refractivity contribution is 7.91. The molecule has 1 saturated heterocycles. The summed E-state index contributed by atoms with van der Waals surface area (Å²) in [6.07, 6.45) is 1.96. The standard InChI is InChI=1S/C10H16N4O4S2/c11-13-10-9(2-1-5-12-10)20(17,18)14-8-3-6-19(15,16)7-4-8/h1-2,5,8,14H,3-4,6-7,11H2,(H,12,13). The van der Waals surface area contributed by atoms with E-state index in [1.807, 2.05) is 0 Å². The third-order valence-electron chi connectivity index (χ3n) is 3.07. The number of anilines is 1. The van der Waals surface area contributed by atoms with Gasteiger partial charge in [0.25, 0.3) is 0 Å². The minimum Gasteiger partial charge on any atom is -0.307 e. The Hall–Kier alpha value is -1.23. The fourth-order valence-electron chi connectivity index (χ4n) is 2.01. The number of rotatable bonds is 4. The van der Waals surface area contributed by atoms with E-state index in [2.05, 4.69) is 15.1 Å². The summed E-state index contributed by atoms with van der Waals surface area (Å²) in [5.41, 5.74) is 2.23. The van der Waals surface area contributed by atoms with Crippen LogP contribution in [0.5, 0.6) is 0 Å². The van der Waals surface area contributed by atoms with Crippen LogP contribution < -0.4 is 16.0 Å². The molecule has 1 aromatic rings. The average molecular weight is 320 g/mol. The quantitative estimate of drug-likeness (QED) is 0.490. The number of hydrazine groups is 1. The third-order valence-corrected chi connectivity index (χ3v) is 6.34. The Bertz CT molecular complexity index is 673. The second-order valence-electron chi connectivity index (χ2n) is 4.54. The van der Waals surface area contributed by atoms with E-state index in [9.17, 15) is 16.8 Å². The molecule has 0 saturated carbocycles. The first-order valence-corrected chi connectivity index (χ1v) is 9.29. The molecular formula is C10H16N4O4S2. The molecule has 1 aromatic heterocycles. The number of pyridine rings is 1. The highest BCUT2D eigenvalue weighted by Crippen LogP contribution is 2.20. The number of nitrogen functional groups attached to an aromatic ring is 1. The normalized spacial score (nSPS) is 19.6. The Labute approximate surface area is 117 Å². The summed E-state index contributed by atoms with van der Waals surface area (Å²) in [6.45, 7) is 0. The topological polar surface area (TPSA) is 131 Å². The number of aromatic nitrogens is 1. The van der Waals surface area contributed by atoms with Crippen LogP contribution in [0.3, 0.4) is 0 Å². The maximum absolute atomic E-state index is 12.2. The maximum Gasteiger partial charge on any atom is 0.244 e. The van der Waals surface area contributed by atoms with Crippen molar-refractivity contribution in [2.24, 2.45) is 5.84 Å². The zero-order chi connectivity index (χ0) is 14.8. The number of sulfone groups is 1. The Morgan fingerprint density at radius 2 is 1.95 bits per heavy atom. The molecule has 0 amide bonds. The lowest BCUT2D eigenvalue weighted by Gasteiger charge is -2.23. The lowest BCUT2D eigenvalue weighted by molar-refractivity contribution is 0.505. The lowest BCUT2D eigenvalue weighted by Crippen LogP contribution is -2.41. The van der Waals surface area contributed by atoms with Crippen molar-refractivity contribution < 1.29 is 16.8 Å². The van der Waals surface area contributed by atoms with E-state index >= 15 is 0 Å². The van der Waals surface area contributed by atoms with Crippen LogP contribution in [-0.4, -0.2) is 39.4 Å². The van der Waals surface area contributed by atoms with Gasteiger partial charge in [-0.2, -0.15) is 0 Å². The van der Waals surface area contributed by atoms with Gasteiger partial charge in [0.05, 0.1) is 11.5 Å². The van der Waals surface area contributed by atoms with Crippen molar-refractivity contribution in [3.8, 4) is 0 Å². The van der Waals surface area contributed by atoms with Gasteiger partial charge in [0.1, 0.15) is 14.7 Å². The first kappa shape index (κ1) is 15.2. The number of sulfonamides is 1. The smallest absolute Gasteiger partial charge is 0.244 e. The number of nitrogens with one attached hydrogen (secondary N) is 2. The average Bonchev–Trinajstić information content (AvgIpc) is 2.41. The summed E-state index contributed by atoms with van der Waals surface area (Å²) < 4.78 is 49.6. The zero-order valence-corrected chi connectivity index (χ0v) is 12.2. The first-order valence-electron chi connectivity index (χ1n) is 5.98. The Balaban J connectivity index is 2.16. The largest absolute Gasteiger partial charge is 0.307 e. The SMILES string of the molecule is NNc1ncccc1S(=O)(=O)NC1CCS(=O)(=O)CC1. The number of hydrogen-bond donors (Lipinski definition) is 3. The summed E-state index contributed by atoms with van der Waals surface area (Å²) in [4.78, 5) is 3.77. The van der Waals surface area contributed by atoms with E-state index in [-0.39, 0.29) is 35.1 Å². The maximum atomic E-state index is 12.2. The molecule has 0 unspecified atom stereocenters. The van der Waals surface area contributed by atoms with E-state index in [0.29, 0.717) is 0 Å². The van der Waals surface area contributed by atoms with Gasteiger partial charge in [-0.1, -0.05) is 0 Å². The van der Waals surface area contributed by atoms with Crippen molar-refractivity contribution in [3.63, 3.8) is 0 Å². The summed E-state index contributed by atoms with van der Waals surface area (Å²) in [7, 11) is -6.82.